The number of nitrogens with zero attached hydrogens (tertiary/aromatic N) is 3. The van der Waals surface area contributed by atoms with Gasteiger partial charge in [0.2, 0.25) is 17.7 Å². The number of hydrogen-bond donors (Lipinski definition) is 1. The van der Waals surface area contributed by atoms with Crippen molar-refractivity contribution in [3.05, 3.63) is 59.6 Å². The molecule has 1 N–H and O–H groups in total. The number of amides is 1. The van der Waals surface area contributed by atoms with Gasteiger partial charge in [-0.3, -0.25) is 0 Å². The Bertz CT molecular complexity index is 1160. The number of rotatable bonds is 7. The lowest BCUT2D eigenvalue weighted by atomic mass is 9.92. The summed E-state index contributed by atoms with van der Waals surface area (Å²) in [6, 6.07) is 12.6. The van der Waals surface area contributed by atoms with E-state index < -0.39 is 23.2 Å². The molecule has 1 aromatic carbocycles. The van der Waals surface area contributed by atoms with Gasteiger partial charge in [-0.1, -0.05) is 30.3 Å². The van der Waals surface area contributed by atoms with Gasteiger partial charge in [0, 0.05) is 18.1 Å². The summed E-state index contributed by atoms with van der Waals surface area (Å²) in [5, 5.41) is 11.2. The second-order valence-corrected chi connectivity index (χ2v) is 8.81. The summed E-state index contributed by atoms with van der Waals surface area (Å²) < 4.78 is 21.4. The predicted molar refractivity (Wildman–Crippen MR) is 122 cm³/mol. The number of carbonyl (C=O) groups is 2. The molecular weight excluding hydrogens is 440 g/mol. The molecule has 1 amide bonds. The van der Waals surface area contributed by atoms with Gasteiger partial charge in [-0.25, -0.2) is 14.6 Å². The van der Waals surface area contributed by atoms with Crippen LogP contribution in [-0.2, 0) is 21.4 Å². The van der Waals surface area contributed by atoms with Crippen LogP contribution in [0.1, 0.15) is 49.6 Å². The van der Waals surface area contributed by atoms with E-state index in [9.17, 15) is 9.59 Å². The minimum atomic E-state index is -1.09. The third-order valence-electron chi connectivity index (χ3n) is 4.73. The van der Waals surface area contributed by atoms with Crippen molar-refractivity contribution in [2.24, 2.45) is 0 Å². The van der Waals surface area contributed by atoms with E-state index in [0.717, 1.165) is 5.56 Å². The van der Waals surface area contributed by atoms with Gasteiger partial charge in [0.1, 0.15) is 11.1 Å². The Kier molecular flexibility index (Phi) is 7.19. The van der Waals surface area contributed by atoms with Crippen molar-refractivity contribution < 1.29 is 28.2 Å². The second-order valence-electron chi connectivity index (χ2n) is 8.81. The fourth-order valence-corrected chi connectivity index (χ4v) is 3.21. The molecule has 0 aliphatic heterocycles. The highest BCUT2D eigenvalue weighted by Crippen LogP contribution is 2.30. The summed E-state index contributed by atoms with van der Waals surface area (Å²) in [4.78, 5) is 28.7. The number of aromatic nitrogens is 3. The second kappa shape index (κ2) is 9.90. The molecule has 0 aliphatic rings. The lowest BCUT2D eigenvalue weighted by molar-refractivity contribution is 0.0443. The molecule has 2 aromatic heterocycles. The Morgan fingerprint density at radius 2 is 1.74 bits per heavy atom. The van der Waals surface area contributed by atoms with Gasteiger partial charge in [-0.05, 0) is 39.3 Å². The highest BCUT2D eigenvalue weighted by molar-refractivity contribution is 5.88. The summed E-state index contributed by atoms with van der Waals surface area (Å²) in [6.07, 6.45) is -0.258. The maximum atomic E-state index is 12.7. The Morgan fingerprint density at radius 3 is 2.35 bits per heavy atom. The van der Waals surface area contributed by atoms with Crippen molar-refractivity contribution in [3.63, 3.8) is 0 Å². The third kappa shape index (κ3) is 6.09. The molecule has 0 radical (unpaired) electrons. The van der Waals surface area contributed by atoms with Crippen LogP contribution in [0, 0.1) is 0 Å². The molecule has 3 rings (SSSR count). The minimum absolute atomic E-state index is 0.0236. The lowest BCUT2D eigenvalue weighted by Gasteiger charge is -2.29. The maximum Gasteiger partial charge on any atom is 0.408 e. The molecule has 10 heteroatoms. The van der Waals surface area contributed by atoms with Gasteiger partial charge in [0.05, 0.1) is 14.2 Å². The number of nitrogens with one attached hydrogen (secondary N) is 1. The van der Waals surface area contributed by atoms with E-state index in [1.807, 2.05) is 30.3 Å². The van der Waals surface area contributed by atoms with Crippen molar-refractivity contribution in [2.75, 3.05) is 14.2 Å². The fourth-order valence-electron chi connectivity index (χ4n) is 3.21. The van der Waals surface area contributed by atoms with Gasteiger partial charge in [0.25, 0.3) is 0 Å². The molecule has 3 aromatic rings. The SMILES string of the molecule is COC(=O)c1cc(-c2nnc([C@@](C)(Cc3ccccc3)NC(=O)OC(C)(C)C)o2)cc(OC)n1. The zero-order chi connectivity index (χ0) is 24.9. The van der Waals surface area contributed by atoms with Crippen molar-refractivity contribution in [2.45, 2.75) is 45.3 Å². The summed E-state index contributed by atoms with van der Waals surface area (Å²) in [5.74, 6) is -0.185. The molecule has 0 unspecified atom stereocenters. The van der Waals surface area contributed by atoms with Gasteiger partial charge < -0.3 is 23.9 Å². The molecule has 0 saturated heterocycles. The summed E-state index contributed by atoms with van der Waals surface area (Å²) in [7, 11) is 2.68. The molecule has 0 fully saturated rings. The van der Waals surface area contributed by atoms with Crippen LogP contribution >= 0.6 is 0 Å². The Balaban J connectivity index is 1.99. The maximum absolute atomic E-state index is 12.7. The topological polar surface area (TPSA) is 126 Å². The Morgan fingerprint density at radius 1 is 1.03 bits per heavy atom. The minimum Gasteiger partial charge on any atom is -0.481 e. The highest BCUT2D eigenvalue weighted by atomic mass is 16.6. The number of methoxy groups -OCH3 is 2. The van der Waals surface area contributed by atoms with Crippen LogP contribution in [0.5, 0.6) is 5.88 Å². The highest BCUT2D eigenvalue weighted by Gasteiger charge is 2.36. The van der Waals surface area contributed by atoms with Gasteiger partial charge in [-0.15, -0.1) is 10.2 Å². The third-order valence-corrected chi connectivity index (χ3v) is 4.73. The molecule has 0 aliphatic carbocycles. The normalized spacial score (nSPS) is 13.0. The van der Waals surface area contributed by atoms with E-state index in [1.54, 1.807) is 33.8 Å². The van der Waals surface area contributed by atoms with Crippen molar-refractivity contribution in [1.82, 2.24) is 20.5 Å². The zero-order valence-electron chi connectivity index (χ0n) is 20.0. The van der Waals surface area contributed by atoms with E-state index in [4.69, 9.17) is 18.6 Å². The number of pyridine rings is 1. The number of carbonyl (C=O) groups excluding carboxylic acids is 2. The van der Waals surface area contributed by atoms with Gasteiger partial charge in [0.15, 0.2) is 5.69 Å². The first kappa shape index (κ1) is 24.7. The Labute approximate surface area is 197 Å². The first-order chi connectivity index (χ1) is 16.0. The number of esters is 1. The first-order valence-corrected chi connectivity index (χ1v) is 10.6. The van der Waals surface area contributed by atoms with Crippen LogP contribution in [0.25, 0.3) is 11.5 Å². The van der Waals surface area contributed by atoms with E-state index in [-0.39, 0.29) is 23.4 Å². The predicted octanol–water partition coefficient (Wildman–Crippen LogP) is 3.91. The Hall–Kier alpha value is -3.95. The molecule has 10 nitrogen and oxygen atoms in total. The summed E-state index contributed by atoms with van der Waals surface area (Å²) >= 11 is 0. The zero-order valence-corrected chi connectivity index (χ0v) is 20.0. The van der Waals surface area contributed by atoms with Gasteiger partial charge in [-0.2, -0.15) is 0 Å². The van der Waals surface area contributed by atoms with Crippen LogP contribution in [0.3, 0.4) is 0 Å². The summed E-state index contributed by atoms with van der Waals surface area (Å²) in [6.45, 7) is 7.11. The standard InChI is InChI=1S/C24H28N4O6/c1-23(2,3)34-22(30)26-24(4,14-15-10-8-7-9-11-15)21-28-27-19(33-21)16-12-17(20(29)32-6)25-18(13-16)31-5/h7-13H,14H2,1-6H3,(H,26,30)/t24-/m1/s1. The fraction of sp³-hybridized carbons (Fsp3) is 0.375. The molecule has 2 heterocycles. The molecule has 0 bridgehead atoms. The van der Waals surface area contributed by atoms with Crippen molar-refractivity contribution in [1.29, 1.82) is 0 Å². The lowest BCUT2D eigenvalue weighted by Crippen LogP contribution is -2.47. The number of benzene rings is 1. The molecule has 180 valence electrons. The van der Waals surface area contributed by atoms with Crippen LogP contribution < -0.4 is 10.1 Å². The van der Waals surface area contributed by atoms with Crippen molar-refractivity contribution in [3.8, 4) is 17.3 Å². The van der Waals surface area contributed by atoms with E-state index in [2.05, 4.69) is 20.5 Å². The smallest absolute Gasteiger partial charge is 0.408 e. The largest absolute Gasteiger partial charge is 0.481 e. The molecule has 34 heavy (non-hydrogen) atoms. The molecule has 0 spiro atoms. The van der Waals surface area contributed by atoms with Crippen molar-refractivity contribution >= 4 is 12.1 Å². The van der Waals surface area contributed by atoms with Crippen LogP contribution in [-0.4, -0.2) is 47.1 Å². The first-order valence-electron chi connectivity index (χ1n) is 10.6. The number of alkyl carbamates (subject to hydrolysis) is 1. The van der Waals surface area contributed by atoms with E-state index in [1.165, 1.54) is 20.3 Å². The molecular formula is C24H28N4O6. The number of hydrogen-bond acceptors (Lipinski definition) is 9. The average molecular weight is 469 g/mol. The van der Waals surface area contributed by atoms with E-state index in [0.29, 0.717) is 12.0 Å². The van der Waals surface area contributed by atoms with Gasteiger partial charge >= 0.3 is 12.1 Å². The molecule has 1 atom stereocenters. The van der Waals surface area contributed by atoms with E-state index >= 15 is 0 Å². The molecule has 0 saturated carbocycles. The quantitative estimate of drug-likeness (QED) is 0.514. The number of ether oxygens (including phenoxy) is 3. The van der Waals surface area contributed by atoms with Crippen LogP contribution in [0.2, 0.25) is 0 Å². The van der Waals surface area contributed by atoms with Crippen LogP contribution in [0.4, 0.5) is 4.79 Å². The van der Waals surface area contributed by atoms with Crippen LogP contribution in [0.15, 0.2) is 46.9 Å². The monoisotopic (exact) mass is 468 g/mol. The average Bonchev–Trinajstić information content (AvgIpc) is 3.28. The summed E-state index contributed by atoms with van der Waals surface area (Å²) in [5.41, 5.74) is -0.396.